The van der Waals surface area contributed by atoms with Gasteiger partial charge < -0.3 is 14.6 Å². The average molecular weight is 434 g/mol. The maximum Gasteiger partial charge on any atom is 0.262 e. The Hall–Kier alpha value is -2.86. The average Bonchev–Trinajstić information content (AvgIpc) is 3.20. The molecule has 0 spiro atoms. The fourth-order valence-electron chi connectivity index (χ4n) is 4.49. The predicted molar refractivity (Wildman–Crippen MR) is 125 cm³/mol. The van der Waals surface area contributed by atoms with E-state index in [1.54, 1.807) is 11.3 Å². The Morgan fingerprint density at radius 1 is 1.10 bits per heavy atom. The van der Waals surface area contributed by atoms with Crippen molar-refractivity contribution in [3.05, 3.63) is 57.7 Å². The number of rotatable bonds is 3. The predicted octanol–water partition coefficient (Wildman–Crippen LogP) is 5.90. The highest BCUT2D eigenvalue weighted by molar-refractivity contribution is 7.07. The van der Waals surface area contributed by atoms with Gasteiger partial charge in [-0.1, -0.05) is 31.4 Å². The lowest BCUT2D eigenvalue weighted by Gasteiger charge is -2.26. The molecule has 2 heterocycles. The molecule has 6 heteroatoms. The zero-order valence-corrected chi connectivity index (χ0v) is 18.8. The molecule has 1 fully saturated rings. The number of thiazole rings is 1. The molecule has 1 saturated carbocycles. The van der Waals surface area contributed by atoms with Crippen molar-refractivity contribution >= 4 is 28.6 Å². The number of aryl methyl sites for hydroxylation is 2. The van der Waals surface area contributed by atoms with Crippen molar-refractivity contribution in [3.63, 3.8) is 0 Å². The molecule has 1 aliphatic heterocycles. The number of nitrogens with zero attached hydrogens (tertiary/aromatic N) is 2. The lowest BCUT2D eigenvalue weighted by atomic mass is 9.95. The van der Waals surface area contributed by atoms with Gasteiger partial charge in [-0.25, -0.2) is 4.99 Å². The molecule has 1 N–H and O–H groups in total. The molecule has 160 valence electrons. The Kier molecular flexibility index (Phi) is 5.40. The van der Waals surface area contributed by atoms with Crippen molar-refractivity contribution in [1.29, 1.82) is 0 Å². The second-order valence-corrected chi connectivity index (χ2v) is 9.35. The van der Waals surface area contributed by atoms with E-state index in [-0.39, 0.29) is 12.5 Å². The Labute approximate surface area is 186 Å². The summed E-state index contributed by atoms with van der Waals surface area (Å²) in [5, 5.41) is 5.14. The Balaban J connectivity index is 1.65. The normalized spacial score (nSPS) is 17.2. The molecule has 0 saturated heterocycles. The second-order valence-electron chi connectivity index (χ2n) is 8.51. The van der Waals surface area contributed by atoms with E-state index in [4.69, 9.17) is 9.73 Å². The SMILES string of the molecule is Cc1ccc(C)c(N=c2scc(-c3ccc4c(c3)NC(=O)CO4)n2C2CCCCC2)c1. The van der Waals surface area contributed by atoms with Crippen LogP contribution >= 0.6 is 11.3 Å². The number of hydrogen-bond donors (Lipinski definition) is 1. The van der Waals surface area contributed by atoms with Gasteiger partial charge in [-0.2, -0.15) is 0 Å². The number of nitrogens with one attached hydrogen (secondary N) is 1. The van der Waals surface area contributed by atoms with E-state index in [1.165, 1.54) is 43.2 Å². The van der Waals surface area contributed by atoms with Crippen molar-refractivity contribution in [2.24, 2.45) is 4.99 Å². The Morgan fingerprint density at radius 2 is 1.94 bits per heavy atom. The van der Waals surface area contributed by atoms with Crippen LogP contribution in [0.4, 0.5) is 11.4 Å². The van der Waals surface area contributed by atoms with E-state index < -0.39 is 0 Å². The molecule has 0 radical (unpaired) electrons. The van der Waals surface area contributed by atoms with Gasteiger partial charge >= 0.3 is 0 Å². The number of aromatic nitrogens is 1. The number of carbonyl (C=O) groups is 1. The highest BCUT2D eigenvalue weighted by Gasteiger charge is 2.22. The molecule has 2 aromatic carbocycles. The molecule has 3 aromatic rings. The summed E-state index contributed by atoms with van der Waals surface area (Å²) in [6.45, 7) is 4.30. The number of ether oxygens (including phenoxy) is 1. The summed E-state index contributed by atoms with van der Waals surface area (Å²) in [6, 6.07) is 12.9. The maximum absolute atomic E-state index is 11.8. The van der Waals surface area contributed by atoms with Crippen LogP contribution < -0.4 is 14.9 Å². The van der Waals surface area contributed by atoms with E-state index in [0.29, 0.717) is 6.04 Å². The van der Waals surface area contributed by atoms with Gasteiger partial charge in [0.25, 0.3) is 5.91 Å². The summed E-state index contributed by atoms with van der Waals surface area (Å²) < 4.78 is 7.98. The fourth-order valence-corrected chi connectivity index (χ4v) is 5.47. The Bertz CT molecular complexity index is 1200. The molecule has 5 nitrogen and oxygen atoms in total. The highest BCUT2D eigenvalue weighted by atomic mass is 32.1. The number of hydrogen-bond acceptors (Lipinski definition) is 4. The van der Waals surface area contributed by atoms with Crippen molar-refractivity contribution in [3.8, 4) is 17.0 Å². The topological polar surface area (TPSA) is 55.6 Å². The van der Waals surface area contributed by atoms with E-state index >= 15 is 0 Å². The number of amides is 1. The molecule has 31 heavy (non-hydrogen) atoms. The van der Waals surface area contributed by atoms with Gasteiger partial charge in [-0.05, 0) is 62.1 Å². The van der Waals surface area contributed by atoms with Crippen LogP contribution in [0.2, 0.25) is 0 Å². The van der Waals surface area contributed by atoms with Crippen LogP contribution in [-0.2, 0) is 4.79 Å². The van der Waals surface area contributed by atoms with E-state index in [1.807, 2.05) is 12.1 Å². The summed E-state index contributed by atoms with van der Waals surface area (Å²) in [6.07, 6.45) is 6.17. The first-order valence-corrected chi connectivity index (χ1v) is 11.9. The standard InChI is InChI=1S/C25H27N3O2S/c1-16-8-9-17(2)20(12-16)27-25-28(19-6-4-3-5-7-19)22(15-31-25)18-10-11-23-21(13-18)26-24(29)14-30-23/h8-13,15,19H,3-7,14H2,1-2H3,(H,26,29). The number of benzene rings is 2. The molecule has 1 aromatic heterocycles. The number of anilines is 1. The summed E-state index contributed by atoms with van der Waals surface area (Å²) in [7, 11) is 0. The van der Waals surface area contributed by atoms with Gasteiger partial charge in [0.1, 0.15) is 5.75 Å². The van der Waals surface area contributed by atoms with Gasteiger partial charge in [0.2, 0.25) is 0 Å². The minimum absolute atomic E-state index is 0.0751. The van der Waals surface area contributed by atoms with Crippen LogP contribution in [0.15, 0.2) is 46.8 Å². The van der Waals surface area contributed by atoms with Crippen LogP contribution in [0.1, 0.15) is 49.3 Å². The van der Waals surface area contributed by atoms with Gasteiger partial charge in [0.05, 0.1) is 17.1 Å². The molecular weight excluding hydrogens is 406 g/mol. The Morgan fingerprint density at radius 3 is 2.77 bits per heavy atom. The monoisotopic (exact) mass is 433 g/mol. The first-order valence-electron chi connectivity index (χ1n) is 11.0. The maximum atomic E-state index is 11.8. The third-order valence-electron chi connectivity index (χ3n) is 6.17. The summed E-state index contributed by atoms with van der Waals surface area (Å²) in [5.41, 5.74) is 6.41. The lowest BCUT2D eigenvalue weighted by molar-refractivity contribution is -0.118. The summed E-state index contributed by atoms with van der Waals surface area (Å²) in [5.74, 6) is 0.615. The van der Waals surface area contributed by atoms with Gasteiger partial charge in [0.15, 0.2) is 11.4 Å². The minimum Gasteiger partial charge on any atom is -0.482 e. The van der Waals surface area contributed by atoms with Crippen LogP contribution in [0, 0.1) is 13.8 Å². The molecule has 2 aliphatic rings. The molecule has 0 atom stereocenters. The van der Waals surface area contributed by atoms with E-state index in [0.717, 1.165) is 33.2 Å². The van der Waals surface area contributed by atoms with Crippen LogP contribution in [-0.4, -0.2) is 17.1 Å². The lowest BCUT2D eigenvalue weighted by Crippen LogP contribution is -2.25. The zero-order chi connectivity index (χ0) is 21.4. The smallest absolute Gasteiger partial charge is 0.262 e. The second kappa shape index (κ2) is 8.35. The quantitative estimate of drug-likeness (QED) is 0.559. The van der Waals surface area contributed by atoms with Crippen molar-refractivity contribution < 1.29 is 9.53 Å². The summed E-state index contributed by atoms with van der Waals surface area (Å²) in [4.78, 5) is 17.9. The van der Waals surface area contributed by atoms with Crippen molar-refractivity contribution in [1.82, 2.24) is 4.57 Å². The molecule has 1 amide bonds. The van der Waals surface area contributed by atoms with Gasteiger partial charge in [-0.15, -0.1) is 11.3 Å². The van der Waals surface area contributed by atoms with Crippen LogP contribution in [0.3, 0.4) is 0 Å². The molecule has 1 aliphatic carbocycles. The molecule has 5 rings (SSSR count). The summed E-state index contributed by atoms with van der Waals surface area (Å²) >= 11 is 1.69. The number of carbonyl (C=O) groups excluding carboxylic acids is 1. The first kappa shape index (κ1) is 20.1. The zero-order valence-electron chi connectivity index (χ0n) is 18.0. The highest BCUT2D eigenvalue weighted by Crippen LogP contribution is 2.36. The van der Waals surface area contributed by atoms with Gasteiger partial charge in [-0.3, -0.25) is 4.79 Å². The number of fused-ring (bicyclic) bond motifs is 1. The van der Waals surface area contributed by atoms with Gasteiger partial charge in [0, 0.05) is 17.0 Å². The van der Waals surface area contributed by atoms with E-state index in [2.05, 4.69) is 53.4 Å². The molecule has 0 unspecified atom stereocenters. The van der Waals surface area contributed by atoms with E-state index in [9.17, 15) is 4.79 Å². The fraction of sp³-hybridized carbons (Fsp3) is 0.360. The molecule has 0 bridgehead atoms. The first-order chi connectivity index (χ1) is 15.1. The third-order valence-corrected chi connectivity index (χ3v) is 7.01. The van der Waals surface area contributed by atoms with Crippen molar-refractivity contribution in [2.75, 3.05) is 11.9 Å². The molecular formula is C25H27N3O2S. The minimum atomic E-state index is -0.110. The van der Waals surface area contributed by atoms with Crippen molar-refractivity contribution in [2.45, 2.75) is 52.0 Å². The largest absolute Gasteiger partial charge is 0.482 e. The van der Waals surface area contributed by atoms with Crippen LogP contribution in [0.25, 0.3) is 11.3 Å². The van der Waals surface area contributed by atoms with Crippen LogP contribution in [0.5, 0.6) is 5.75 Å². The third kappa shape index (κ3) is 4.04.